The van der Waals surface area contributed by atoms with Crippen LogP contribution >= 0.6 is 0 Å². The third-order valence-electron chi connectivity index (χ3n) is 2.16. The second kappa shape index (κ2) is 4.18. The van der Waals surface area contributed by atoms with E-state index >= 15 is 0 Å². The molecule has 0 amide bonds. The van der Waals surface area contributed by atoms with Gasteiger partial charge in [-0.05, 0) is 35.4 Å². The molecule has 0 atom stereocenters. The molecule has 1 heteroatoms. The van der Waals surface area contributed by atoms with Gasteiger partial charge in [0.25, 0.3) is 0 Å². The zero-order chi connectivity index (χ0) is 10.7. The van der Waals surface area contributed by atoms with Crippen molar-refractivity contribution in [2.45, 2.75) is 0 Å². The van der Waals surface area contributed by atoms with E-state index in [1.54, 1.807) is 0 Å². The molecule has 0 aliphatic carbocycles. The van der Waals surface area contributed by atoms with Crippen LogP contribution in [0.1, 0.15) is 0 Å². The summed E-state index contributed by atoms with van der Waals surface area (Å²) in [4.78, 5) is 0. The molecule has 0 fully saturated rings. The van der Waals surface area contributed by atoms with Crippen molar-refractivity contribution in [3.63, 3.8) is 0 Å². The van der Waals surface area contributed by atoms with E-state index in [-0.39, 0.29) is 0 Å². The fraction of sp³-hybridized carbons (Fsp3) is 0.0714. The van der Waals surface area contributed by atoms with E-state index in [2.05, 4.69) is 31.7 Å². The van der Waals surface area contributed by atoms with E-state index in [4.69, 9.17) is 4.74 Å². The number of hydrogen-bond donors (Lipinski definition) is 0. The lowest BCUT2D eigenvalue weighted by molar-refractivity contribution is 0.356. The predicted molar refractivity (Wildman–Crippen MR) is 63.9 cm³/mol. The molecule has 2 aromatic carbocycles. The van der Waals surface area contributed by atoms with Gasteiger partial charge in [0, 0.05) is 0 Å². The summed E-state index contributed by atoms with van der Waals surface area (Å²) in [5.41, 5.74) is 0.781. The minimum absolute atomic E-state index is 0.471. The number of benzene rings is 2. The van der Waals surface area contributed by atoms with Gasteiger partial charge in [-0.15, -0.1) is 0 Å². The van der Waals surface area contributed by atoms with Gasteiger partial charge in [-0.2, -0.15) is 0 Å². The Balaban J connectivity index is 2.26. The second-order valence-corrected chi connectivity index (χ2v) is 3.55. The summed E-state index contributed by atoms with van der Waals surface area (Å²) in [6.45, 7) is 7.86. The van der Waals surface area contributed by atoms with Crippen LogP contribution < -0.4 is 4.74 Å². The van der Waals surface area contributed by atoms with Crippen molar-refractivity contribution in [1.82, 2.24) is 0 Å². The number of hydrogen-bond acceptors (Lipinski definition) is 1. The van der Waals surface area contributed by atoms with E-state index in [0.29, 0.717) is 6.61 Å². The lowest BCUT2D eigenvalue weighted by atomic mass is 10.1. The van der Waals surface area contributed by atoms with Crippen LogP contribution in [0.2, 0.25) is 0 Å². The number of fused-ring (bicyclic) bond motifs is 1. The Labute approximate surface area is 90.0 Å². The van der Waals surface area contributed by atoms with Crippen molar-refractivity contribution in [2.75, 3.05) is 6.61 Å². The summed E-state index contributed by atoms with van der Waals surface area (Å²) in [6.07, 6.45) is 0. The van der Waals surface area contributed by atoms with Gasteiger partial charge >= 0.3 is 0 Å². The van der Waals surface area contributed by atoms with Crippen molar-refractivity contribution in [1.29, 1.82) is 0 Å². The molecular formula is C14H13O. The Morgan fingerprint density at radius 1 is 1.07 bits per heavy atom. The molecule has 0 bridgehead atoms. The van der Waals surface area contributed by atoms with E-state index in [0.717, 1.165) is 11.3 Å². The van der Waals surface area contributed by atoms with Gasteiger partial charge in [0.05, 0.1) is 0 Å². The highest BCUT2D eigenvalue weighted by Crippen LogP contribution is 2.20. The maximum Gasteiger partial charge on any atom is 0.120 e. The molecular weight excluding hydrogens is 184 g/mol. The van der Waals surface area contributed by atoms with Gasteiger partial charge < -0.3 is 4.74 Å². The molecule has 0 unspecified atom stereocenters. The first-order chi connectivity index (χ1) is 7.25. The Kier molecular flexibility index (Phi) is 2.72. The van der Waals surface area contributed by atoms with Crippen molar-refractivity contribution in [3.8, 4) is 5.75 Å². The molecule has 0 aliphatic heterocycles. The lowest BCUT2D eigenvalue weighted by Crippen LogP contribution is -1.97. The molecule has 0 spiro atoms. The Morgan fingerprint density at radius 3 is 2.53 bits per heavy atom. The number of ether oxygens (including phenoxy) is 1. The summed E-state index contributed by atoms with van der Waals surface area (Å²) in [5, 5.41) is 2.41. The molecule has 0 heterocycles. The predicted octanol–water partition coefficient (Wildman–Crippen LogP) is 3.61. The highest BCUT2D eigenvalue weighted by molar-refractivity contribution is 5.83. The standard InChI is InChI=1S/C14H13O/c1-11(2)10-15-14-8-7-12-5-3-4-6-13(12)9-14/h3-9H,1-2,10H2. The third-order valence-corrected chi connectivity index (χ3v) is 2.16. The average molecular weight is 197 g/mol. The van der Waals surface area contributed by atoms with Gasteiger partial charge in [0.1, 0.15) is 12.4 Å². The Bertz CT molecular complexity index is 485. The van der Waals surface area contributed by atoms with Crippen LogP contribution in [0.4, 0.5) is 0 Å². The summed E-state index contributed by atoms with van der Waals surface area (Å²) < 4.78 is 5.51. The summed E-state index contributed by atoms with van der Waals surface area (Å²) in [6, 6.07) is 14.2. The van der Waals surface area contributed by atoms with Gasteiger partial charge in [0.2, 0.25) is 0 Å². The van der Waals surface area contributed by atoms with E-state index in [9.17, 15) is 0 Å². The van der Waals surface area contributed by atoms with Gasteiger partial charge in [-0.25, -0.2) is 0 Å². The second-order valence-electron chi connectivity index (χ2n) is 3.55. The molecule has 0 saturated heterocycles. The molecule has 2 aromatic rings. The van der Waals surface area contributed by atoms with Crippen LogP contribution in [0, 0.1) is 6.92 Å². The van der Waals surface area contributed by atoms with Crippen LogP contribution in [-0.2, 0) is 0 Å². The van der Waals surface area contributed by atoms with Gasteiger partial charge in [-0.3, -0.25) is 0 Å². The van der Waals surface area contributed by atoms with E-state index in [1.807, 2.05) is 24.3 Å². The quantitative estimate of drug-likeness (QED) is 0.730. The highest BCUT2D eigenvalue weighted by Gasteiger charge is 1.96. The SMILES string of the molecule is [CH2]C(=C)COc1ccc2ccccc2c1. The molecule has 0 aromatic heterocycles. The zero-order valence-electron chi connectivity index (χ0n) is 8.57. The van der Waals surface area contributed by atoms with Crippen molar-refractivity contribution in [3.05, 3.63) is 61.5 Å². The molecule has 0 aliphatic rings. The first-order valence-electron chi connectivity index (χ1n) is 4.87. The largest absolute Gasteiger partial charge is 0.489 e. The van der Waals surface area contributed by atoms with Crippen LogP contribution in [0.25, 0.3) is 10.8 Å². The van der Waals surface area contributed by atoms with Crippen molar-refractivity contribution in [2.24, 2.45) is 0 Å². The molecule has 15 heavy (non-hydrogen) atoms. The lowest BCUT2D eigenvalue weighted by Gasteiger charge is -2.06. The fourth-order valence-corrected chi connectivity index (χ4v) is 1.44. The van der Waals surface area contributed by atoms with Crippen LogP contribution in [0.3, 0.4) is 0 Å². The first-order valence-corrected chi connectivity index (χ1v) is 4.87. The van der Waals surface area contributed by atoms with Gasteiger partial charge in [0.15, 0.2) is 0 Å². The highest BCUT2D eigenvalue weighted by atomic mass is 16.5. The molecule has 75 valence electrons. The Morgan fingerprint density at radius 2 is 1.80 bits per heavy atom. The average Bonchev–Trinajstić information content (AvgIpc) is 2.26. The van der Waals surface area contributed by atoms with E-state index < -0.39 is 0 Å². The van der Waals surface area contributed by atoms with Crippen molar-refractivity contribution < 1.29 is 4.74 Å². The van der Waals surface area contributed by atoms with E-state index in [1.165, 1.54) is 10.8 Å². The monoisotopic (exact) mass is 197 g/mol. The topological polar surface area (TPSA) is 9.23 Å². The van der Waals surface area contributed by atoms with Crippen LogP contribution in [0.5, 0.6) is 5.75 Å². The minimum atomic E-state index is 0.471. The summed E-state index contributed by atoms with van der Waals surface area (Å²) >= 11 is 0. The molecule has 1 radical (unpaired) electrons. The molecule has 0 saturated carbocycles. The molecule has 2 rings (SSSR count). The van der Waals surface area contributed by atoms with Gasteiger partial charge in [-0.1, -0.05) is 36.9 Å². The summed E-state index contributed by atoms with van der Waals surface area (Å²) in [5.74, 6) is 0.860. The molecule has 0 N–H and O–H groups in total. The van der Waals surface area contributed by atoms with Crippen molar-refractivity contribution >= 4 is 10.8 Å². The first kappa shape index (κ1) is 9.78. The normalized spacial score (nSPS) is 10.2. The minimum Gasteiger partial charge on any atom is -0.489 e. The zero-order valence-corrected chi connectivity index (χ0v) is 8.57. The van der Waals surface area contributed by atoms with Crippen LogP contribution in [0.15, 0.2) is 54.6 Å². The summed E-state index contributed by atoms with van der Waals surface area (Å²) in [7, 11) is 0. The third kappa shape index (κ3) is 2.38. The maximum absolute atomic E-state index is 5.51. The Hall–Kier alpha value is -1.76. The maximum atomic E-state index is 5.51. The smallest absolute Gasteiger partial charge is 0.120 e. The fourth-order valence-electron chi connectivity index (χ4n) is 1.44. The van der Waals surface area contributed by atoms with Crippen LogP contribution in [-0.4, -0.2) is 6.61 Å². The molecule has 1 nitrogen and oxygen atoms in total. The number of rotatable bonds is 3.